The van der Waals surface area contributed by atoms with E-state index in [-0.39, 0.29) is 0 Å². The van der Waals surface area contributed by atoms with Crippen LogP contribution in [0.3, 0.4) is 0 Å². The number of piperazine rings is 1. The number of nitrogens with zero attached hydrogens (tertiary/aromatic N) is 2. The zero-order valence-electron chi connectivity index (χ0n) is 16.0. The van der Waals surface area contributed by atoms with Crippen LogP contribution < -0.4 is 14.4 Å². The highest BCUT2D eigenvalue weighted by Gasteiger charge is 2.19. The molecule has 0 N–H and O–H groups in total. The van der Waals surface area contributed by atoms with E-state index in [1.807, 2.05) is 12.1 Å². The SMILES string of the molecule is CCCCOc1ccc(CN2CCN(c3ccccc3OC)CC2)cc1. The van der Waals surface area contributed by atoms with E-state index in [4.69, 9.17) is 9.47 Å². The molecule has 1 aliphatic heterocycles. The van der Waals surface area contributed by atoms with Crippen molar-refractivity contribution in [3.8, 4) is 11.5 Å². The summed E-state index contributed by atoms with van der Waals surface area (Å²) in [5, 5.41) is 0. The van der Waals surface area contributed by atoms with Crippen LogP contribution in [0.4, 0.5) is 5.69 Å². The number of hydrogen-bond acceptors (Lipinski definition) is 4. The van der Waals surface area contributed by atoms with Crippen molar-refractivity contribution in [3.05, 3.63) is 54.1 Å². The molecule has 0 spiro atoms. The number of anilines is 1. The van der Waals surface area contributed by atoms with Gasteiger partial charge in [-0.2, -0.15) is 0 Å². The molecule has 2 aromatic carbocycles. The van der Waals surface area contributed by atoms with Crippen LogP contribution in [0.5, 0.6) is 11.5 Å². The quantitative estimate of drug-likeness (QED) is 0.664. The summed E-state index contributed by atoms with van der Waals surface area (Å²) in [6.45, 7) is 8.16. The Hall–Kier alpha value is -2.20. The van der Waals surface area contributed by atoms with Crippen LogP contribution >= 0.6 is 0 Å². The van der Waals surface area contributed by atoms with Crippen molar-refractivity contribution >= 4 is 5.69 Å². The number of rotatable bonds is 8. The lowest BCUT2D eigenvalue weighted by Crippen LogP contribution is -2.46. The Morgan fingerprint density at radius 2 is 1.65 bits per heavy atom. The molecule has 1 aliphatic rings. The maximum absolute atomic E-state index is 5.74. The van der Waals surface area contributed by atoms with Crippen molar-refractivity contribution in [2.24, 2.45) is 0 Å². The number of unbranched alkanes of at least 4 members (excludes halogenated alkanes) is 1. The van der Waals surface area contributed by atoms with E-state index in [0.717, 1.165) is 57.3 Å². The average molecular weight is 354 g/mol. The minimum atomic E-state index is 0.806. The van der Waals surface area contributed by atoms with Gasteiger partial charge in [0.05, 0.1) is 19.4 Å². The second-order valence-corrected chi connectivity index (χ2v) is 6.78. The maximum atomic E-state index is 5.74. The van der Waals surface area contributed by atoms with Gasteiger partial charge in [0.1, 0.15) is 11.5 Å². The van der Waals surface area contributed by atoms with Gasteiger partial charge in [-0.25, -0.2) is 0 Å². The van der Waals surface area contributed by atoms with Gasteiger partial charge in [0.2, 0.25) is 0 Å². The van der Waals surface area contributed by atoms with E-state index in [1.54, 1.807) is 7.11 Å². The van der Waals surface area contributed by atoms with Gasteiger partial charge < -0.3 is 14.4 Å². The molecule has 3 rings (SSSR count). The van der Waals surface area contributed by atoms with E-state index in [9.17, 15) is 0 Å². The predicted octanol–water partition coefficient (Wildman–Crippen LogP) is 4.20. The predicted molar refractivity (Wildman–Crippen MR) is 107 cm³/mol. The molecule has 1 saturated heterocycles. The minimum Gasteiger partial charge on any atom is -0.495 e. The molecule has 2 aromatic rings. The molecule has 0 atom stereocenters. The molecular weight excluding hydrogens is 324 g/mol. The summed E-state index contributed by atoms with van der Waals surface area (Å²) in [4.78, 5) is 4.93. The van der Waals surface area contributed by atoms with Crippen molar-refractivity contribution < 1.29 is 9.47 Å². The molecule has 0 bridgehead atoms. The number of benzene rings is 2. The van der Waals surface area contributed by atoms with Crippen molar-refractivity contribution in [2.45, 2.75) is 26.3 Å². The first-order valence-electron chi connectivity index (χ1n) is 9.62. The molecule has 0 amide bonds. The van der Waals surface area contributed by atoms with Gasteiger partial charge in [0.25, 0.3) is 0 Å². The molecule has 0 unspecified atom stereocenters. The first kappa shape index (κ1) is 18.6. The molecular formula is C22H30N2O2. The summed E-state index contributed by atoms with van der Waals surface area (Å²) in [6.07, 6.45) is 2.27. The van der Waals surface area contributed by atoms with E-state index < -0.39 is 0 Å². The fourth-order valence-electron chi connectivity index (χ4n) is 3.32. The number of methoxy groups -OCH3 is 1. The second kappa shape index (κ2) is 9.48. The Kier molecular flexibility index (Phi) is 6.78. The lowest BCUT2D eigenvalue weighted by atomic mass is 10.1. The second-order valence-electron chi connectivity index (χ2n) is 6.78. The standard InChI is InChI=1S/C22H30N2O2/c1-3-4-17-26-20-11-9-19(10-12-20)18-23-13-15-24(16-14-23)21-7-5-6-8-22(21)25-2/h5-12H,3-4,13-18H2,1-2H3. The molecule has 0 aromatic heterocycles. The van der Waals surface area contributed by atoms with Crippen LogP contribution in [0.15, 0.2) is 48.5 Å². The largest absolute Gasteiger partial charge is 0.495 e. The smallest absolute Gasteiger partial charge is 0.142 e. The Labute approximate surface area is 157 Å². The highest BCUT2D eigenvalue weighted by molar-refractivity contribution is 5.58. The monoisotopic (exact) mass is 354 g/mol. The van der Waals surface area contributed by atoms with Gasteiger partial charge >= 0.3 is 0 Å². The molecule has 140 valence electrons. The van der Waals surface area contributed by atoms with Crippen LogP contribution in [-0.4, -0.2) is 44.8 Å². The van der Waals surface area contributed by atoms with Crippen molar-refractivity contribution in [1.29, 1.82) is 0 Å². The molecule has 4 nitrogen and oxygen atoms in total. The van der Waals surface area contributed by atoms with Gasteiger partial charge in [-0.05, 0) is 36.2 Å². The van der Waals surface area contributed by atoms with Gasteiger partial charge in [-0.1, -0.05) is 37.6 Å². The van der Waals surface area contributed by atoms with Gasteiger partial charge in [-0.15, -0.1) is 0 Å². The molecule has 0 saturated carbocycles. The summed E-state index contributed by atoms with van der Waals surface area (Å²) in [5.74, 6) is 1.93. The average Bonchev–Trinajstić information content (AvgIpc) is 2.70. The molecule has 1 fully saturated rings. The Morgan fingerprint density at radius 3 is 2.35 bits per heavy atom. The van der Waals surface area contributed by atoms with Crippen LogP contribution in [0.2, 0.25) is 0 Å². The summed E-state index contributed by atoms with van der Waals surface area (Å²) in [6, 6.07) is 16.8. The van der Waals surface area contributed by atoms with Crippen LogP contribution in [-0.2, 0) is 6.54 Å². The first-order chi connectivity index (χ1) is 12.8. The Balaban J connectivity index is 1.49. The zero-order chi connectivity index (χ0) is 18.2. The topological polar surface area (TPSA) is 24.9 Å². The van der Waals surface area contributed by atoms with Crippen molar-refractivity contribution in [2.75, 3.05) is 44.8 Å². The zero-order valence-corrected chi connectivity index (χ0v) is 16.0. The fourth-order valence-corrected chi connectivity index (χ4v) is 3.32. The fraction of sp³-hybridized carbons (Fsp3) is 0.455. The molecule has 1 heterocycles. The normalized spacial score (nSPS) is 15.1. The first-order valence-corrected chi connectivity index (χ1v) is 9.62. The molecule has 4 heteroatoms. The molecule has 26 heavy (non-hydrogen) atoms. The third-order valence-corrected chi connectivity index (χ3v) is 4.89. The van der Waals surface area contributed by atoms with Crippen molar-refractivity contribution in [1.82, 2.24) is 4.90 Å². The number of ether oxygens (including phenoxy) is 2. The number of hydrogen-bond donors (Lipinski definition) is 0. The molecule has 0 radical (unpaired) electrons. The van der Waals surface area contributed by atoms with E-state index in [0.29, 0.717) is 0 Å². The Bertz CT molecular complexity index is 664. The molecule has 0 aliphatic carbocycles. The minimum absolute atomic E-state index is 0.806. The van der Waals surface area contributed by atoms with Crippen molar-refractivity contribution in [3.63, 3.8) is 0 Å². The summed E-state index contributed by atoms with van der Waals surface area (Å²) in [5.41, 5.74) is 2.54. The van der Waals surface area contributed by atoms with Gasteiger partial charge in [0, 0.05) is 32.7 Å². The van der Waals surface area contributed by atoms with Crippen LogP contribution in [0.1, 0.15) is 25.3 Å². The Morgan fingerprint density at radius 1 is 0.923 bits per heavy atom. The van der Waals surface area contributed by atoms with Crippen LogP contribution in [0, 0.1) is 0 Å². The maximum Gasteiger partial charge on any atom is 0.142 e. The summed E-state index contributed by atoms with van der Waals surface area (Å²) in [7, 11) is 1.74. The van der Waals surface area contributed by atoms with E-state index >= 15 is 0 Å². The van der Waals surface area contributed by atoms with Gasteiger partial charge in [0.15, 0.2) is 0 Å². The summed E-state index contributed by atoms with van der Waals surface area (Å²) < 4.78 is 11.2. The van der Waals surface area contributed by atoms with E-state index in [2.05, 4.69) is 53.1 Å². The lowest BCUT2D eigenvalue weighted by Gasteiger charge is -2.36. The third-order valence-electron chi connectivity index (χ3n) is 4.89. The third kappa shape index (κ3) is 4.92. The highest BCUT2D eigenvalue weighted by Crippen LogP contribution is 2.28. The lowest BCUT2D eigenvalue weighted by molar-refractivity contribution is 0.249. The highest BCUT2D eigenvalue weighted by atomic mass is 16.5. The van der Waals surface area contributed by atoms with E-state index in [1.165, 1.54) is 17.7 Å². The van der Waals surface area contributed by atoms with Crippen LogP contribution in [0.25, 0.3) is 0 Å². The number of para-hydroxylation sites is 2. The van der Waals surface area contributed by atoms with Gasteiger partial charge in [-0.3, -0.25) is 4.90 Å². The summed E-state index contributed by atoms with van der Waals surface area (Å²) >= 11 is 0.